The fraction of sp³-hybridized carbons (Fsp3) is 0.118. The molecule has 1 fully saturated rings. The van der Waals surface area contributed by atoms with Gasteiger partial charge in [-0.05, 0) is 52.6 Å². The number of hydrogen-bond donors (Lipinski definition) is 0. The predicted molar refractivity (Wildman–Crippen MR) is 149 cm³/mol. The Kier molecular flexibility index (Phi) is 4.83. The van der Waals surface area contributed by atoms with Crippen molar-refractivity contribution in [1.29, 1.82) is 0 Å². The van der Waals surface area contributed by atoms with Gasteiger partial charge in [0.2, 0.25) is 11.8 Å². The Hall–Kier alpha value is -5.10. The van der Waals surface area contributed by atoms with Crippen LogP contribution in [-0.2, 0) is 9.59 Å². The Morgan fingerprint density at radius 2 is 1.25 bits per heavy atom. The zero-order valence-electron chi connectivity index (χ0n) is 21.2. The van der Waals surface area contributed by atoms with Crippen molar-refractivity contribution < 1.29 is 19.1 Å². The topological polar surface area (TPSA) is 76.6 Å². The Morgan fingerprint density at radius 3 is 1.88 bits per heavy atom. The van der Waals surface area contributed by atoms with Gasteiger partial charge < -0.3 is 4.74 Å². The molecule has 2 heterocycles. The van der Waals surface area contributed by atoms with Crippen LogP contribution in [0.15, 0.2) is 109 Å². The molecule has 0 N–H and O–H groups in total. The molecule has 192 valence electrons. The molecule has 6 heteroatoms. The molecule has 4 aromatic carbocycles. The second kappa shape index (κ2) is 8.45. The first-order valence-electron chi connectivity index (χ1n) is 13.3. The SMILES string of the molecule is O=C(Oc1cccc2cccnc12)c1cccc(N2C(=O)[C@@H]3C4c5ccccc5C(c5ccccc54)[C@H]3C2=O)c1. The average molecular weight is 523 g/mol. The van der Waals surface area contributed by atoms with E-state index in [4.69, 9.17) is 4.74 Å². The lowest BCUT2D eigenvalue weighted by Gasteiger charge is -2.45. The zero-order chi connectivity index (χ0) is 27.0. The number of benzene rings is 4. The van der Waals surface area contributed by atoms with Crippen LogP contribution < -0.4 is 9.64 Å². The molecule has 9 rings (SSSR count). The number of rotatable bonds is 3. The number of esters is 1. The molecular weight excluding hydrogens is 500 g/mol. The molecule has 1 aromatic heterocycles. The minimum atomic E-state index is -0.587. The number of amides is 2. The molecule has 0 spiro atoms. The van der Waals surface area contributed by atoms with E-state index in [0.717, 1.165) is 27.6 Å². The second-order valence-corrected chi connectivity index (χ2v) is 10.5. The summed E-state index contributed by atoms with van der Waals surface area (Å²) in [7, 11) is 0. The number of carbonyl (C=O) groups is 3. The summed E-state index contributed by atoms with van der Waals surface area (Å²) in [5.74, 6) is -2.03. The van der Waals surface area contributed by atoms with Gasteiger partial charge in [-0.15, -0.1) is 0 Å². The number of fused-ring (bicyclic) bond motifs is 1. The number of imide groups is 1. The molecular formula is C34H22N2O4. The van der Waals surface area contributed by atoms with Crippen molar-refractivity contribution in [3.05, 3.63) is 137 Å². The van der Waals surface area contributed by atoms with Gasteiger partial charge in [-0.25, -0.2) is 9.69 Å². The van der Waals surface area contributed by atoms with Crippen molar-refractivity contribution in [2.75, 3.05) is 4.90 Å². The van der Waals surface area contributed by atoms with Crippen LogP contribution in [0.5, 0.6) is 5.75 Å². The molecule has 5 aromatic rings. The van der Waals surface area contributed by atoms with Crippen molar-refractivity contribution in [3.63, 3.8) is 0 Å². The van der Waals surface area contributed by atoms with Crippen molar-refractivity contribution in [2.24, 2.45) is 11.8 Å². The lowest BCUT2D eigenvalue weighted by molar-refractivity contribution is -0.122. The first-order valence-corrected chi connectivity index (χ1v) is 13.3. The summed E-state index contributed by atoms with van der Waals surface area (Å²) in [5.41, 5.74) is 5.69. The van der Waals surface area contributed by atoms with Gasteiger partial charge in [-0.1, -0.05) is 72.8 Å². The Bertz CT molecular complexity index is 1780. The Balaban J connectivity index is 1.16. The van der Waals surface area contributed by atoms with E-state index in [-0.39, 0.29) is 29.2 Å². The number of nitrogens with zero attached hydrogens (tertiary/aromatic N) is 2. The van der Waals surface area contributed by atoms with Gasteiger partial charge in [0.25, 0.3) is 0 Å². The summed E-state index contributed by atoms with van der Waals surface area (Å²) in [4.78, 5) is 47.0. The molecule has 40 heavy (non-hydrogen) atoms. The van der Waals surface area contributed by atoms with Crippen molar-refractivity contribution in [3.8, 4) is 5.75 Å². The quantitative estimate of drug-likeness (QED) is 0.169. The lowest BCUT2D eigenvalue weighted by atomic mass is 9.55. The van der Waals surface area contributed by atoms with Crippen LogP contribution in [-0.4, -0.2) is 22.8 Å². The number of para-hydroxylation sites is 1. The normalized spacial score (nSPS) is 22.1. The molecule has 0 saturated carbocycles. The Labute approximate surface area is 229 Å². The second-order valence-electron chi connectivity index (χ2n) is 10.5. The maximum atomic E-state index is 14.1. The fourth-order valence-electron chi connectivity index (χ4n) is 7.02. The van der Waals surface area contributed by atoms with Crippen molar-refractivity contribution in [1.82, 2.24) is 4.98 Å². The van der Waals surface area contributed by atoms with E-state index < -0.39 is 17.8 Å². The van der Waals surface area contributed by atoms with E-state index in [9.17, 15) is 14.4 Å². The Morgan fingerprint density at radius 1 is 0.675 bits per heavy atom. The lowest BCUT2D eigenvalue weighted by Crippen LogP contribution is -2.41. The largest absolute Gasteiger partial charge is 0.421 e. The van der Waals surface area contributed by atoms with Crippen LogP contribution >= 0.6 is 0 Å². The highest BCUT2D eigenvalue weighted by Crippen LogP contribution is 2.61. The molecule has 0 unspecified atom stereocenters. The molecule has 4 aliphatic rings. The molecule has 0 radical (unpaired) electrons. The number of pyridine rings is 1. The first kappa shape index (κ1) is 22.8. The highest BCUT2D eigenvalue weighted by atomic mass is 16.5. The first-order chi connectivity index (χ1) is 19.6. The molecule has 2 atom stereocenters. The van der Waals surface area contributed by atoms with E-state index in [1.54, 1.807) is 42.6 Å². The van der Waals surface area contributed by atoms with E-state index in [1.165, 1.54) is 4.90 Å². The van der Waals surface area contributed by atoms with E-state index in [2.05, 4.69) is 29.2 Å². The minimum absolute atomic E-state index is 0.184. The predicted octanol–water partition coefficient (Wildman–Crippen LogP) is 5.85. The monoisotopic (exact) mass is 522 g/mol. The van der Waals surface area contributed by atoms with Crippen LogP contribution in [0.25, 0.3) is 10.9 Å². The summed E-state index contributed by atoms with van der Waals surface area (Å²) in [6, 6.07) is 32.0. The molecule has 6 nitrogen and oxygen atoms in total. The third-order valence-corrected chi connectivity index (χ3v) is 8.59. The maximum Gasteiger partial charge on any atom is 0.343 e. The van der Waals surface area contributed by atoms with Gasteiger partial charge in [-0.3, -0.25) is 14.6 Å². The van der Waals surface area contributed by atoms with Gasteiger partial charge in [0.05, 0.1) is 23.1 Å². The summed E-state index contributed by atoms with van der Waals surface area (Å²) >= 11 is 0. The van der Waals surface area contributed by atoms with E-state index in [1.807, 2.05) is 42.5 Å². The van der Waals surface area contributed by atoms with Gasteiger partial charge >= 0.3 is 5.97 Å². The van der Waals surface area contributed by atoms with Crippen molar-refractivity contribution in [2.45, 2.75) is 11.8 Å². The van der Waals surface area contributed by atoms with Crippen LogP contribution in [0, 0.1) is 11.8 Å². The highest BCUT2D eigenvalue weighted by Gasteiger charge is 2.61. The standard InChI is InChI=1S/C34H22N2O4/c37-32-29-27-22-12-1-2-13-23(22)28(25-15-4-3-14-24(25)27)30(29)33(38)36(32)21-11-5-9-20(18-21)34(39)40-26-16-6-8-19-10-7-17-35-31(19)26/h1-18,27-30H/t27?,28?,29-,30-/m1/s1. The average Bonchev–Trinajstić information content (AvgIpc) is 3.27. The third-order valence-electron chi connectivity index (χ3n) is 8.59. The van der Waals surface area contributed by atoms with Crippen LogP contribution in [0.3, 0.4) is 0 Å². The van der Waals surface area contributed by atoms with E-state index >= 15 is 0 Å². The maximum absolute atomic E-state index is 14.1. The summed E-state index contributed by atoms with van der Waals surface area (Å²) in [6.07, 6.45) is 1.65. The minimum Gasteiger partial charge on any atom is -0.421 e. The highest BCUT2D eigenvalue weighted by molar-refractivity contribution is 6.23. The van der Waals surface area contributed by atoms with Crippen LogP contribution in [0.4, 0.5) is 5.69 Å². The zero-order valence-corrected chi connectivity index (χ0v) is 21.2. The molecule has 3 aliphatic carbocycles. The molecule has 1 saturated heterocycles. The van der Waals surface area contributed by atoms with Gasteiger partial charge in [0.15, 0.2) is 5.75 Å². The summed E-state index contributed by atoms with van der Waals surface area (Å²) < 4.78 is 5.72. The molecule has 1 aliphatic heterocycles. The number of ether oxygens (including phenoxy) is 1. The molecule has 2 amide bonds. The van der Waals surface area contributed by atoms with Crippen molar-refractivity contribution >= 4 is 34.4 Å². The smallest absolute Gasteiger partial charge is 0.343 e. The van der Waals surface area contributed by atoms with Crippen LogP contribution in [0.1, 0.15) is 44.4 Å². The fourth-order valence-corrected chi connectivity index (χ4v) is 7.02. The number of anilines is 1. The molecule has 2 bridgehead atoms. The van der Waals surface area contributed by atoms with Gasteiger partial charge in [0.1, 0.15) is 5.52 Å². The van der Waals surface area contributed by atoms with Crippen LogP contribution in [0.2, 0.25) is 0 Å². The number of hydrogen-bond acceptors (Lipinski definition) is 5. The number of carbonyl (C=O) groups excluding carboxylic acids is 3. The van der Waals surface area contributed by atoms with Gasteiger partial charge in [0, 0.05) is 23.4 Å². The summed E-state index contributed by atoms with van der Waals surface area (Å²) in [6.45, 7) is 0. The summed E-state index contributed by atoms with van der Waals surface area (Å²) in [5, 5.41) is 0.856. The number of aromatic nitrogens is 1. The van der Waals surface area contributed by atoms with Gasteiger partial charge in [-0.2, -0.15) is 0 Å². The van der Waals surface area contributed by atoms with E-state index in [0.29, 0.717) is 17.0 Å². The third kappa shape index (κ3) is 3.10.